The van der Waals surface area contributed by atoms with Crippen LogP contribution in [0.25, 0.3) is 5.65 Å². The standard InChI is InChI=1S/C12H17N3OS/c1-10(13)5-7-17(16)9-11-8-15-6-3-2-4-12(15)14-11/h2-4,6,8,10H,5,7,9,13H2,1H3. The van der Waals surface area contributed by atoms with Crippen molar-refractivity contribution >= 4 is 16.4 Å². The van der Waals surface area contributed by atoms with E-state index in [0.29, 0.717) is 11.5 Å². The van der Waals surface area contributed by atoms with Gasteiger partial charge in [0.15, 0.2) is 0 Å². The summed E-state index contributed by atoms with van der Waals surface area (Å²) in [5.41, 5.74) is 7.41. The Morgan fingerprint density at radius 1 is 1.53 bits per heavy atom. The van der Waals surface area contributed by atoms with Gasteiger partial charge in [-0.2, -0.15) is 0 Å². The summed E-state index contributed by atoms with van der Waals surface area (Å²) in [4.78, 5) is 4.42. The molecule has 0 aliphatic rings. The van der Waals surface area contributed by atoms with E-state index in [2.05, 4.69) is 4.98 Å². The molecule has 0 aliphatic carbocycles. The molecule has 2 aromatic heterocycles. The highest BCUT2D eigenvalue weighted by Crippen LogP contribution is 2.07. The minimum atomic E-state index is -0.874. The lowest BCUT2D eigenvalue weighted by molar-refractivity contribution is 0.667. The lowest BCUT2D eigenvalue weighted by Gasteiger charge is -2.03. The number of imidazole rings is 1. The van der Waals surface area contributed by atoms with E-state index < -0.39 is 10.8 Å². The Kier molecular flexibility index (Phi) is 3.91. The van der Waals surface area contributed by atoms with Gasteiger partial charge in [-0.25, -0.2) is 4.98 Å². The van der Waals surface area contributed by atoms with Crippen LogP contribution >= 0.6 is 0 Å². The molecule has 0 fully saturated rings. The van der Waals surface area contributed by atoms with Crippen LogP contribution in [0.4, 0.5) is 0 Å². The van der Waals surface area contributed by atoms with Gasteiger partial charge < -0.3 is 10.1 Å². The zero-order valence-corrected chi connectivity index (χ0v) is 10.7. The quantitative estimate of drug-likeness (QED) is 0.872. The number of nitrogens with two attached hydrogens (primary N) is 1. The normalized spacial score (nSPS) is 14.9. The maximum Gasteiger partial charge on any atom is 0.137 e. The lowest BCUT2D eigenvalue weighted by Crippen LogP contribution is -2.18. The molecule has 5 heteroatoms. The zero-order valence-electron chi connectivity index (χ0n) is 9.87. The van der Waals surface area contributed by atoms with Gasteiger partial charge >= 0.3 is 0 Å². The molecule has 2 aromatic rings. The average molecular weight is 251 g/mol. The van der Waals surface area contributed by atoms with Crippen molar-refractivity contribution in [2.75, 3.05) is 5.75 Å². The Morgan fingerprint density at radius 2 is 2.35 bits per heavy atom. The highest BCUT2D eigenvalue weighted by atomic mass is 32.2. The molecule has 0 saturated heterocycles. The van der Waals surface area contributed by atoms with Crippen molar-refractivity contribution in [3.8, 4) is 0 Å². The summed E-state index contributed by atoms with van der Waals surface area (Å²) in [5, 5.41) is 0. The van der Waals surface area contributed by atoms with Gasteiger partial charge in [-0.3, -0.25) is 4.21 Å². The molecule has 0 radical (unpaired) electrons. The first-order valence-electron chi connectivity index (χ1n) is 5.68. The van der Waals surface area contributed by atoms with Gasteiger partial charge in [-0.1, -0.05) is 6.07 Å². The highest BCUT2D eigenvalue weighted by Gasteiger charge is 2.07. The monoisotopic (exact) mass is 251 g/mol. The van der Waals surface area contributed by atoms with E-state index in [1.54, 1.807) is 0 Å². The van der Waals surface area contributed by atoms with Gasteiger partial charge in [0.05, 0.1) is 11.4 Å². The topological polar surface area (TPSA) is 60.4 Å². The summed E-state index contributed by atoms with van der Waals surface area (Å²) in [5.74, 6) is 1.15. The van der Waals surface area contributed by atoms with E-state index in [9.17, 15) is 4.21 Å². The van der Waals surface area contributed by atoms with Crippen molar-refractivity contribution in [3.63, 3.8) is 0 Å². The van der Waals surface area contributed by atoms with Crippen LogP contribution in [0.2, 0.25) is 0 Å². The number of hydrogen-bond donors (Lipinski definition) is 1. The number of nitrogens with zero attached hydrogens (tertiary/aromatic N) is 2. The summed E-state index contributed by atoms with van der Waals surface area (Å²) >= 11 is 0. The molecule has 2 N–H and O–H groups in total. The Hall–Kier alpha value is -1.20. The predicted molar refractivity (Wildman–Crippen MR) is 70.2 cm³/mol. The molecular formula is C12H17N3OS. The molecule has 17 heavy (non-hydrogen) atoms. The van der Waals surface area contributed by atoms with Crippen molar-refractivity contribution in [2.24, 2.45) is 5.73 Å². The third kappa shape index (κ3) is 3.38. The number of fused-ring (bicyclic) bond motifs is 1. The molecule has 4 nitrogen and oxygen atoms in total. The Bertz CT molecular complexity index is 488. The molecule has 2 atom stereocenters. The predicted octanol–water partition coefficient (Wildman–Crippen LogP) is 1.32. The van der Waals surface area contributed by atoms with Gasteiger partial charge in [0.25, 0.3) is 0 Å². The van der Waals surface area contributed by atoms with E-state index >= 15 is 0 Å². The SMILES string of the molecule is CC(N)CCS(=O)Cc1cn2ccccc2n1. The largest absolute Gasteiger partial charge is 0.328 e. The summed E-state index contributed by atoms with van der Waals surface area (Å²) < 4.78 is 13.7. The molecular weight excluding hydrogens is 234 g/mol. The second-order valence-corrected chi connectivity index (χ2v) is 5.83. The summed E-state index contributed by atoms with van der Waals surface area (Å²) in [6.45, 7) is 1.93. The third-order valence-electron chi connectivity index (χ3n) is 2.52. The fraction of sp³-hybridized carbons (Fsp3) is 0.417. The zero-order chi connectivity index (χ0) is 12.3. The Morgan fingerprint density at radius 3 is 3.06 bits per heavy atom. The number of rotatable bonds is 5. The summed E-state index contributed by atoms with van der Waals surface area (Å²) in [6.07, 6.45) is 4.66. The fourth-order valence-corrected chi connectivity index (χ4v) is 2.86. The maximum atomic E-state index is 11.8. The molecule has 0 spiro atoms. The van der Waals surface area contributed by atoms with Crippen LogP contribution in [-0.2, 0) is 16.6 Å². The molecule has 0 saturated carbocycles. The Balaban J connectivity index is 2.01. The van der Waals surface area contributed by atoms with Gasteiger partial charge in [0.2, 0.25) is 0 Å². The third-order valence-corrected chi connectivity index (χ3v) is 3.83. The summed E-state index contributed by atoms with van der Waals surface area (Å²) in [6, 6.07) is 5.94. The van der Waals surface area contributed by atoms with Crippen molar-refractivity contribution in [1.82, 2.24) is 9.38 Å². The molecule has 0 aromatic carbocycles. The molecule has 0 amide bonds. The first-order valence-corrected chi connectivity index (χ1v) is 7.17. The minimum absolute atomic E-state index is 0.111. The second kappa shape index (κ2) is 5.42. The van der Waals surface area contributed by atoms with Crippen molar-refractivity contribution < 1.29 is 4.21 Å². The number of aromatic nitrogens is 2. The molecule has 0 bridgehead atoms. The molecule has 2 heterocycles. The van der Waals surface area contributed by atoms with Crippen molar-refractivity contribution in [1.29, 1.82) is 0 Å². The van der Waals surface area contributed by atoms with E-state index in [4.69, 9.17) is 5.73 Å². The average Bonchev–Trinajstić information content (AvgIpc) is 2.68. The molecule has 0 aliphatic heterocycles. The smallest absolute Gasteiger partial charge is 0.137 e. The highest BCUT2D eigenvalue weighted by molar-refractivity contribution is 7.84. The molecule has 92 valence electrons. The van der Waals surface area contributed by atoms with E-state index in [1.165, 1.54) is 0 Å². The minimum Gasteiger partial charge on any atom is -0.328 e. The number of hydrogen-bond acceptors (Lipinski definition) is 3. The summed E-state index contributed by atoms with van der Waals surface area (Å²) in [7, 11) is -0.874. The van der Waals surface area contributed by atoms with Crippen molar-refractivity contribution in [2.45, 2.75) is 25.1 Å². The number of pyridine rings is 1. The van der Waals surface area contributed by atoms with Gasteiger partial charge in [-0.15, -0.1) is 0 Å². The fourth-order valence-electron chi connectivity index (χ4n) is 1.61. The Labute approximate surface area is 103 Å². The van der Waals surface area contributed by atoms with E-state index in [-0.39, 0.29) is 6.04 Å². The second-order valence-electron chi connectivity index (χ2n) is 4.25. The van der Waals surface area contributed by atoms with Crippen LogP contribution in [0.5, 0.6) is 0 Å². The van der Waals surface area contributed by atoms with Crippen LogP contribution in [0.3, 0.4) is 0 Å². The van der Waals surface area contributed by atoms with E-state index in [0.717, 1.165) is 17.8 Å². The van der Waals surface area contributed by atoms with Crippen LogP contribution < -0.4 is 5.73 Å². The van der Waals surface area contributed by atoms with Crippen LogP contribution in [0, 0.1) is 0 Å². The first-order chi connectivity index (χ1) is 8.15. The molecule has 2 rings (SSSR count). The van der Waals surface area contributed by atoms with Crippen LogP contribution in [-0.4, -0.2) is 25.4 Å². The van der Waals surface area contributed by atoms with E-state index in [1.807, 2.05) is 41.9 Å². The van der Waals surface area contributed by atoms with Gasteiger partial charge in [-0.05, 0) is 25.5 Å². The van der Waals surface area contributed by atoms with Gasteiger partial charge in [0, 0.05) is 35.0 Å². The molecule has 2 unspecified atom stereocenters. The van der Waals surface area contributed by atoms with Gasteiger partial charge in [0.1, 0.15) is 5.65 Å². The van der Waals surface area contributed by atoms with Crippen LogP contribution in [0.15, 0.2) is 30.6 Å². The maximum absolute atomic E-state index is 11.8. The van der Waals surface area contributed by atoms with Crippen molar-refractivity contribution in [3.05, 3.63) is 36.3 Å². The lowest BCUT2D eigenvalue weighted by atomic mass is 10.3. The van der Waals surface area contributed by atoms with Crippen LogP contribution in [0.1, 0.15) is 19.0 Å². The first kappa shape index (κ1) is 12.3.